The van der Waals surface area contributed by atoms with E-state index in [9.17, 15) is 33.5 Å². The maximum atomic E-state index is 13.3. The molecule has 5 rings (SSSR count). The number of likely N-dealkylation sites (N-methyl/N-ethyl adjacent to an activating group) is 2. The van der Waals surface area contributed by atoms with Gasteiger partial charge in [-0.3, -0.25) is 28.9 Å². The van der Waals surface area contributed by atoms with Crippen molar-refractivity contribution in [3.63, 3.8) is 0 Å². The van der Waals surface area contributed by atoms with E-state index in [2.05, 4.69) is 10.3 Å². The van der Waals surface area contributed by atoms with Crippen LogP contribution in [0.5, 0.6) is 0 Å². The Hall–Kier alpha value is -3.67. The van der Waals surface area contributed by atoms with Gasteiger partial charge < -0.3 is 20.2 Å². The largest absolute Gasteiger partial charge is 0.396 e. The van der Waals surface area contributed by atoms with Crippen LogP contribution in [-0.2, 0) is 30.5 Å². The van der Waals surface area contributed by atoms with Crippen LogP contribution in [0.25, 0.3) is 0 Å². The van der Waals surface area contributed by atoms with Crippen LogP contribution >= 0.6 is 0 Å². The summed E-state index contributed by atoms with van der Waals surface area (Å²) in [4.78, 5) is 73.0. The molecule has 0 spiro atoms. The van der Waals surface area contributed by atoms with E-state index in [4.69, 9.17) is 0 Å². The lowest BCUT2D eigenvalue weighted by molar-refractivity contribution is -0.152. The average Bonchev–Trinajstić information content (AvgIpc) is 3.13. The first kappa shape index (κ1) is 26.4. The highest BCUT2D eigenvalue weighted by atomic mass is 19.1. The van der Waals surface area contributed by atoms with E-state index in [1.165, 1.54) is 55.2 Å². The maximum absolute atomic E-state index is 13.3. The molecule has 11 nitrogen and oxygen atoms in total. The normalized spacial score (nSPS) is 26.7. The minimum Gasteiger partial charge on any atom is -0.396 e. The third kappa shape index (κ3) is 4.50. The van der Waals surface area contributed by atoms with Crippen molar-refractivity contribution in [2.75, 3.05) is 34.3 Å². The molecule has 1 atom stereocenters. The smallest absolute Gasteiger partial charge is 0.312 e. The first-order valence-corrected chi connectivity index (χ1v) is 12.0. The average molecular weight is 516 g/mol. The molecule has 2 bridgehead atoms. The number of hydrogen-bond donors (Lipinski definition) is 2. The van der Waals surface area contributed by atoms with E-state index >= 15 is 0 Å². The topological polar surface area (TPSA) is 140 Å². The second-order valence-corrected chi connectivity index (χ2v) is 10.2. The van der Waals surface area contributed by atoms with Gasteiger partial charge in [0.25, 0.3) is 17.6 Å². The Bertz CT molecular complexity index is 1170. The van der Waals surface area contributed by atoms with Crippen LogP contribution in [-0.4, -0.2) is 101 Å². The molecule has 1 aliphatic carbocycles. The number of hydrogen-bond acceptors (Lipinski definition) is 7. The number of nitrogens with one attached hydrogen (secondary N) is 1. The van der Waals surface area contributed by atoms with Crippen LogP contribution in [0, 0.1) is 11.2 Å². The van der Waals surface area contributed by atoms with Crippen molar-refractivity contribution in [3.05, 3.63) is 35.6 Å². The summed E-state index contributed by atoms with van der Waals surface area (Å²) in [6, 6.07) is 3.75. The van der Waals surface area contributed by atoms with E-state index in [1.54, 1.807) is 0 Å². The summed E-state index contributed by atoms with van der Waals surface area (Å²) < 4.78 is 13.2. The van der Waals surface area contributed by atoms with Crippen LogP contribution < -0.4 is 5.32 Å². The highest BCUT2D eigenvalue weighted by Crippen LogP contribution is 2.49. The molecule has 1 aromatic rings. The number of amides is 4. The first-order chi connectivity index (χ1) is 17.4. The first-order valence-electron chi connectivity index (χ1n) is 12.0. The van der Waals surface area contributed by atoms with Crippen molar-refractivity contribution in [2.45, 2.75) is 43.8 Å². The molecule has 3 fully saturated rings. The van der Waals surface area contributed by atoms with Crippen molar-refractivity contribution in [3.8, 4) is 0 Å². The number of fused-ring (bicyclic) bond motifs is 2. The second-order valence-electron chi connectivity index (χ2n) is 10.2. The summed E-state index contributed by atoms with van der Waals surface area (Å²) in [6.07, 6.45) is 1.43. The lowest BCUT2D eigenvalue weighted by Crippen LogP contribution is -2.65. The van der Waals surface area contributed by atoms with Crippen molar-refractivity contribution in [1.82, 2.24) is 20.0 Å². The minimum atomic E-state index is -1.67. The van der Waals surface area contributed by atoms with Crippen LogP contribution in [0.2, 0.25) is 0 Å². The molecule has 4 aliphatic rings. The molecule has 12 heteroatoms. The molecule has 1 aromatic carbocycles. The molecule has 1 saturated carbocycles. The third-order valence-corrected chi connectivity index (χ3v) is 7.76. The number of carbonyl (C=O) groups excluding carboxylic acids is 5. The molecule has 1 unspecified atom stereocenters. The predicted octanol–water partition coefficient (Wildman–Crippen LogP) is -0.528. The Morgan fingerprint density at radius 3 is 2.27 bits per heavy atom. The Morgan fingerprint density at radius 1 is 1.08 bits per heavy atom. The van der Waals surface area contributed by atoms with Crippen molar-refractivity contribution in [1.29, 1.82) is 0 Å². The molecule has 4 amide bonds. The Morgan fingerprint density at radius 2 is 1.70 bits per heavy atom. The molecule has 2 saturated heterocycles. The molecule has 2 N–H and O–H groups in total. The van der Waals surface area contributed by atoms with Crippen LogP contribution in [0.15, 0.2) is 29.3 Å². The van der Waals surface area contributed by atoms with Crippen LogP contribution in [0.4, 0.5) is 4.39 Å². The van der Waals surface area contributed by atoms with Gasteiger partial charge in [-0.1, -0.05) is 12.1 Å². The van der Waals surface area contributed by atoms with Crippen molar-refractivity contribution >= 4 is 35.2 Å². The molecule has 3 heterocycles. The van der Waals surface area contributed by atoms with E-state index < -0.39 is 52.2 Å². The molecular weight excluding hydrogens is 485 g/mol. The van der Waals surface area contributed by atoms with Crippen molar-refractivity contribution in [2.24, 2.45) is 10.4 Å². The van der Waals surface area contributed by atoms with E-state index in [1.807, 2.05) is 0 Å². The highest BCUT2D eigenvalue weighted by molar-refractivity contribution is 6.46. The number of aliphatic hydroxyl groups is 1. The number of ketones is 1. The third-order valence-electron chi connectivity index (χ3n) is 7.76. The summed E-state index contributed by atoms with van der Waals surface area (Å²) in [5, 5.41) is 12.7. The van der Waals surface area contributed by atoms with Gasteiger partial charge in [-0.25, -0.2) is 9.38 Å². The highest BCUT2D eigenvalue weighted by Gasteiger charge is 2.59. The molecule has 0 radical (unpaired) electrons. The Kier molecular flexibility index (Phi) is 6.89. The molecule has 198 valence electrons. The number of nitrogens with zero attached hydrogens (tertiary/aromatic N) is 4. The number of carbonyl (C=O) groups is 5. The summed E-state index contributed by atoms with van der Waals surface area (Å²) in [5.74, 6) is -4.71. The number of Topliss-reactive ketones (excluding diaryl/α,β-unsaturated/α-hetero) is 1. The molecule has 0 aromatic heterocycles. The van der Waals surface area contributed by atoms with Gasteiger partial charge in [0.15, 0.2) is 6.04 Å². The van der Waals surface area contributed by atoms with Crippen LogP contribution in [0.3, 0.4) is 0 Å². The number of amidine groups is 1. The minimum absolute atomic E-state index is 0.0137. The van der Waals surface area contributed by atoms with Gasteiger partial charge in [-0.2, -0.15) is 0 Å². The second kappa shape index (κ2) is 9.66. The van der Waals surface area contributed by atoms with Gasteiger partial charge in [0.05, 0.1) is 6.61 Å². The maximum Gasteiger partial charge on any atom is 0.312 e. The van der Waals surface area contributed by atoms with Gasteiger partial charge in [0, 0.05) is 39.6 Å². The van der Waals surface area contributed by atoms with E-state index in [0.29, 0.717) is 18.4 Å². The summed E-state index contributed by atoms with van der Waals surface area (Å²) >= 11 is 0. The van der Waals surface area contributed by atoms with Gasteiger partial charge in [0.1, 0.15) is 17.2 Å². The molecule has 3 aliphatic heterocycles. The molecular formula is C25H30FN5O6. The number of aliphatic hydroxyl groups excluding tert-OH is 1. The summed E-state index contributed by atoms with van der Waals surface area (Å²) in [5.41, 5.74) is -1.33. The summed E-state index contributed by atoms with van der Waals surface area (Å²) in [6.45, 7) is -0.230. The zero-order valence-electron chi connectivity index (χ0n) is 21.0. The lowest BCUT2D eigenvalue weighted by atomic mass is 9.68. The number of aliphatic imine (C=N–C) groups is 1. The fraction of sp³-hybridized carbons (Fsp3) is 0.520. The SMILES string of the molecule is CN(C)C(=O)C(=O)N(C)C12CCC(CO)(CC1)CN1C(=O)C(=O)C(C(=O)NCc3ccc(F)cc3)N=C12. The van der Waals surface area contributed by atoms with Crippen molar-refractivity contribution < 1.29 is 33.5 Å². The van der Waals surface area contributed by atoms with Gasteiger partial charge in [-0.15, -0.1) is 0 Å². The van der Waals surface area contributed by atoms with E-state index in [0.717, 1.165) is 4.90 Å². The van der Waals surface area contributed by atoms with E-state index in [-0.39, 0.29) is 38.4 Å². The van der Waals surface area contributed by atoms with Crippen LogP contribution in [0.1, 0.15) is 31.2 Å². The monoisotopic (exact) mass is 515 g/mol. The predicted molar refractivity (Wildman–Crippen MR) is 128 cm³/mol. The number of halogens is 1. The molecule has 37 heavy (non-hydrogen) atoms. The number of benzene rings is 1. The zero-order valence-corrected chi connectivity index (χ0v) is 21.0. The zero-order chi connectivity index (χ0) is 27.1. The fourth-order valence-electron chi connectivity index (χ4n) is 5.31. The van der Waals surface area contributed by atoms with Gasteiger partial charge in [-0.05, 0) is 43.4 Å². The summed E-state index contributed by atoms with van der Waals surface area (Å²) in [7, 11) is 4.35. The fourth-order valence-corrected chi connectivity index (χ4v) is 5.31. The van der Waals surface area contributed by atoms with Gasteiger partial charge in [0.2, 0.25) is 0 Å². The number of rotatable bonds is 5. The van der Waals surface area contributed by atoms with Gasteiger partial charge >= 0.3 is 11.8 Å². The standard InChI is InChI=1S/C25H30FN5O6/c1-29(2)21(36)22(37)30(3)25-10-8-24(14-32,9-11-25)13-31-20(35)18(33)17(28-23(25)31)19(34)27-12-15-4-6-16(26)7-5-15/h4-7,17,32H,8-14H2,1-3H3,(H,27,34). The lowest BCUT2D eigenvalue weighted by Gasteiger charge is -2.47. The Labute approximate surface area is 213 Å². The quantitative estimate of drug-likeness (QED) is 0.399. The Balaban J connectivity index is 1.72.